The number of amides is 3. The monoisotopic (exact) mass is 355 g/mol. The highest BCUT2D eigenvalue weighted by Gasteiger charge is 2.34. The van der Waals surface area contributed by atoms with Gasteiger partial charge >= 0.3 is 6.03 Å². The van der Waals surface area contributed by atoms with Gasteiger partial charge in [0, 0.05) is 26.7 Å². The normalized spacial score (nSPS) is 17.5. The number of benzene rings is 1. The van der Waals surface area contributed by atoms with Crippen molar-refractivity contribution in [3.8, 4) is 0 Å². The molecule has 1 aliphatic heterocycles. The van der Waals surface area contributed by atoms with Crippen LogP contribution in [0, 0.1) is 13.8 Å². The molecule has 1 aromatic heterocycles. The van der Waals surface area contributed by atoms with Gasteiger partial charge in [0.15, 0.2) is 0 Å². The summed E-state index contributed by atoms with van der Waals surface area (Å²) in [7, 11) is 1.82. The maximum atomic E-state index is 12.7. The Morgan fingerprint density at radius 3 is 2.54 bits per heavy atom. The molecule has 1 saturated heterocycles. The van der Waals surface area contributed by atoms with Crippen molar-refractivity contribution in [3.63, 3.8) is 0 Å². The maximum Gasteiger partial charge on any atom is 0.322 e. The molecule has 7 heteroatoms. The summed E-state index contributed by atoms with van der Waals surface area (Å²) in [6.07, 6.45) is 1.62. The van der Waals surface area contributed by atoms with Crippen LogP contribution in [0.4, 0.5) is 10.5 Å². The third-order valence-electron chi connectivity index (χ3n) is 4.98. The zero-order valence-corrected chi connectivity index (χ0v) is 15.7. The summed E-state index contributed by atoms with van der Waals surface area (Å²) < 4.78 is 1.70. The molecule has 1 aliphatic rings. The Morgan fingerprint density at radius 2 is 1.92 bits per heavy atom. The minimum Gasteiger partial charge on any atom is -0.335 e. The second kappa shape index (κ2) is 7.19. The van der Waals surface area contributed by atoms with E-state index in [-0.39, 0.29) is 11.9 Å². The summed E-state index contributed by atoms with van der Waals surface area (Å²) in [4.78, 5) is 28.7. The van der Waals surface area contributed by atoms with E-state index in [4.69, 9.17) is 0 Å². The minimum absolute atomic E-state index is 0.0325. The largest absolute Gasteiger partial charge is 0.335 e. The van der Waals surface area contributed by atoms with E-state index in [1.807, 2.05) is 50.1 Å². The smallest absolute Gasteiger partial charge is 0.322 e. The molecule has 3 amide bonds. The van der Waals surface area contributed by atoms with E-state index in [1.54, 1.807) is 22.7 Å². The number of rotatable bonds is 3. The highest BCUT2D eigenvalue weighted by Crippen LogP contribution is 2.18. The molecule has 0 spiro atoms. The summed E-state index contributed by atoms with van der Waals surface area (Å²) in [5.41, 5.74) is 3.83. The van der Waals surface area contributed by atoms with Gasteiger partial charge in [0.1, 0.15) is 6.04 Å². The van der Waals surface area contributed by atoms with Crippen molar-refractivity contribution in [2.45, 2.75) is 33.4 Å². The lowest BCUT2D eigenvalue weighted by molar-refractivity contribution is -0.139. The third kappa shape index (κ3) is 3.56. The van der Waals surface area contributed by atoms with Crippen molar-refractivity contribution in [2.24, 2.45) is 7.05 Å². The highest BCUT2D eigenvalue weighted by molar-refractivity contribution is 5.94. The molecular formula is C19H25N5O2. The Hall–Kier alpha value is -2.83. The molecule has 1 fully saturated rings. The van der Waals surface area contributed by atoms with E-state index < -0.39 is 6.04 Å². The maximum absolute atomic E-state index is 12.7. The number of nitrogens with one attached hydrogen (secondary N) is 1. The number of hydrogen-bond acceptors (Lipinski definition) is 3. The van der Waals surface area contributed by atoms with Crippen molar-refractivity contribution in [1.82, 2.24) is 19.6 Å². The molecule has 1 aromatic carbocycles. The lowest BCUT2D eigenvalue weighted by atomic mass is 10.1. The first-order chi connectivity index (χ1) is 12.4. The van der Waals surface area contributed by atoms with Gasteiger partial charge in [-0.05, 0) is 26.3 Å². The number of aryl methyl sites for hydroxylation is 2. The molecule has 2 heterocycles. The van der Waals surface area contributed by atoms with Crippen LogP contribution >= 0.6 is 0 Å². The average molecular weight is 355 g/mol. The van der Waals surface area contributed by atoms with Gasteiger partial charge < -0.3 is 15.1 Å². The van der Waals surface area contributed by atoms with E-state index in [9.17, 15) is 9.59 Å². The van der Waals surface area contributed by atoms with Crippen LogP contribution in [0.15, 0.2) is 30.5 Å². The van der Waals surface area contributed by atoms with Gasteiger partial charge in [-0.1, -0.05) is 29.8 Å². The predicted octanol–water partition coefficient (Wildman–Crippen LogP) is 2.30. The molecule has 0 bridgehead atoms. The Labute approximate surface area is 153 Å². The number of nitrogens with zero attached hydrogens (tertiary/aromatic N) is 4. The molecular weight excluding hydrogens is 330 g/mol. The van der Waals surface area contributed by atoms with Gasteiger partial charge in [0.05, 0.1) is 17.6 Å². The molecule has 0 saturated carbocycles. The van der Waals surface area contributed by atoms with Crippen LogP contribution in [-0.2, 0) is 18.4 Å². The number of anilines is 1. The molecule has 2 aromatic rings. The molecule has 138 valence electrons. The first-order valence-corrected chi connectivity index (χ1v) is 8.77. The van der Waals surface area contributed by atoms with Crippen LogP contribution in [0.2, 0.25) is 0 Å². The van der Waals surface area contributed by atoms with Crippen LogP contribution < -0.4 is 5.32 Å². The summed E-state index contributed by atoms with van der Waals surface area (Å²) in [5.74, 6) is -0.0325. The number of urea groups is 1. The quantitative estimate of drug-likeness (QED) is 0.918. The molecule has 0 aliphatic carbocycles. The summed E-state index contributed by atoms with van der Waals surface area (Å²) >= 11 is 0. The van der Waals surface area contributed by atoms with E-state index in [0.717, 1.165) is 11.3 Å². The Balaban J connectivity index is 1.64. The van der Waals surface area contributed by atoms with E-state index in [1.165, 1.54) is 5.56 Å². The summed E-state index contributed by atoms with van der Waals surface area (Å²) in [6.45, 7) is 7.30. The molecule has 26 heavy (non-hydrogen) atoms. The third-order valence-corrected chi connectivity index (χ3v) is 4.98. The second-order valence-electron chi connectivity index (χ2n) is 6.81. The molecule has 1 atom stereocenters. The molecule has 3 rings (SSSR count). The average Bonchev–Trinajstić information content (AvgIpc) is 2.93. The van der Waals surface area contributed by atoms with Crippen molar-refractivity contribution in [2.75, 3.05) is 18.4 Å². The van der Waals surface area contributed by atoms with E-state index in [2.05, 4.69) is 10.4 Å². The van der Waals surface area contributed by atoms with Crippen LogP contribution in [-0.4, -0.2) is 50.6 Å². The number of hydrogen-bond donors (Lipinski definition) is 1. The fraction of sp³-hybridized carbons (Fsp3) is 0.421. The first kappa shape index (κ1) is 18.0. The van der Waals surface area contributed by atoms with Crippen LogP contribution in [0.3, 0.4) is 0 Å². The van der Waals surface area contributed by atoms with Gasteiger partial charge in [-0.15, -0.1) is 0 Å². The summed E-state index contributed by atoms with van der Waals surface area (Å²) in [6, 6.07) is 7.41. The zero-order valence-electron chi connectivity index (χ0n) is 15.7. The molecule has 7 nitrogen and oxygen atoms in total. The Kier molecular flexibility index (Phi) is 4.97. The van der Waals surface area contributed by atoms with Crippen molar-refractivity contribution in [1.29, 1.82) is 0 Å². The number of aromatic nitrogens is 2. The zero-order chi connectivity index (χ0) is 18.8. The van der Waals surface area contributed by atoms with Gasteiger partial charge in [-0.2, -0.15) is 5.10 Å². The number of carbonyl (C=O) groups excluding carboxylic acids is 2. The lowest BCUT2D eigenvalue weighted by Gasteiger charge is -2.39. The van der Waals surface area contributed by atoms with Crippen molar-refractivity contribution >= 4 is 17.6 Å². The number of carbonyl (C=O) groups is 2. The van der Waals surface area contributed by atoms with E-state index >= 15 is 0 Å². The first-order valence-electron chi connectivity index (χ1n) is 8.77. The SMILES string of the molecule is Cc1ccc(CN2CCN(C(=O)Nc3cnn(C)c3C)[C@@H](C)C2=O)cc1. The van der Waals surface area contributed by atoms with Crippen molar-refractivity contribution < 1.29 is 9.59 Å². The van der Waals surface area contributed by atoms with Crippen LogP contribution in [0.5, 0.6) is 0 Å². The standard InChI is InChI=1S/C19H25N5O2/c1-13-5-7-16(8-6-13)12-23-9-10-24(15(3)18(23)25)19(26)21-17-11-20-22(4)14(17)2/h5-8,11,15H,9-10,12H2,1-4H3,(H,21,26)/t15-/m0/s1. The lowest BCUT2D eigenvalue weighted by Crippen LogP contribution is -2.58. The second-order valence-corrected chi connectivity index (χ2v) is 6.81. The Morgan fingerprint density at radius 1 is 1.23 bits per heavy atom. The van der Waals surface area contributed by atoms with Gasteiger partial charge in [0.2, 0.25) is 5.91 Å². The van der Waals surface area contributed by atoms with Gasteiger partial charge in [-0.25, -0.2) is 4.79 Å². The minimum atomic E-state index is -0.494. The van der Waals surface area contributed by atoms with Gasteiger partial charge in [0.25, 0.3) is 0 Å². The van der Waals surface area contributed by atoms with Crippen molar-refractivity contribution in [3.05, 3.63) is 47.3 Å². The van der Waals surface area contributed by atoms with Crippen LogP contribution in [0.25, 0.3) is 0 Å². The molecule has 0 unspecified atom stereocenters. The van der Waals surface area contributed by atoms with Crippen LogP contribution in [0.1, 0.15) is 23.7 Å². The predicted molar refractivity (Wildman–Crippen MR) is 99.7 cm³/mol. The fourth-order valence-corrected chi connectivity index (χ4v) is 3.09. The Bertz CT molecular complexity index is 812. The fourth-order valence-electron chi connectivity index (χ4n) is 3.09. The molecule has 1 N–H and O–H groups in total. The van der Waals surface area contributed by atoms with E-state index in [0.29, 0.717) is 25.3 Å². The topological polar surface area (TPSA) is 70.5 Å². The summed E-state index contributed by atoms with van der Waals surface area (Å²) in [5, 5.41) is 6.98. The number of piperazine rings is 1. The highest BCUT2D eigenvalue weighted by atomic mass is 16.2. The molecule has 0 radical (unpaired) electrons. The van der Waals surface area contributed by atoms with Gasteiger partial charge in [-0.3, -0.25) is 9.48 Å².